The Bertz CT molecular complexity index is 426. The number of hydrogen-bond donors (Lipinski definition) is 2. The second kappa shape index (κ2) is 5.71. The van der Waals surface area contributed by atoms with Gasteiger partial charge in [-0.1, -0.05) is 12.8 Å². The van der Waals surface area contributed by atoms with Crippen LogP contribution in [0.25, 0.3) is 0 Å². The van der Waals surface area contributed by atoms with Crippen LogP contribution in [0, 0.1) is 0 Å². The SMILES string of the molecule is NC(=O)c1ccc(N)c(OC2CCCCCC2)n1. The Balaban J connectivity index is 2.11. The molecule has 1 fully saturated rings. The molecule has 1 aliphatic carbocycles. The van der Waals surface area contributed by atoms with Gasteiger partial charge in [-0.3, -0.25) is 4.79 Å². The van der Waals surface area contributed by atoms with Crippen molar-refractivity contribution in [2.75, 3.05) is 5.73 Å². The van der Waals surface area contributed by atoms with E-state index < -0.39 is 5.91 Å². The zero-order valence-corrected chi connectivity index (χ0v) is 10.4. The van der Waals surface area contributed by atoms with E-state index in [1.54, 1.807) is 6.07 Å². The molecule has 0 saturated heterocycles. The van der Waals surface area contributed by atoms with Gasteiger partial charge in [-0.2, -0.15) is 0 Å². The normalized spacial score (nSPS) is 17.1. The summed E-state index contributed by atoms with van der Waals surface area (Å²) >= 11 is 0. The number of primary amides is 1. The van der Waals surface area contributed by atoms with Crippen molar-refractivity contribution in [3.63, 3.8) is 0 Å². The van der Waals surface area contributed by atoms with Gasteiger partial charge in [-0.25, -0.2) is 4.98 Å². The molecule has 2 rings (SSSR count). The molecule has 1 aromatic heterocycles. The second-order valence-electron chi connectivity index (χ2n) is 4.69. The average molecular weight is 249 g/mol. The van der Waals surface area contributed by atoms with Crippen LogP contribution in [0.5, 0.6) is 5.88 Å². The zero-order valence-electron chi connectivity index (χ0n) is 10.4. The summed E-state index contributed by atoms with van der Waals surface area (Å²) in [6.45, 7) is 0. The summed E-state index contributed by atoms with van der Waals surface area (Å²) in [6, 6.07) is 3.12. The van der Waals surface area contributed by atoms with Crippen LogP contribution >= 0.6 is 0 Å². The molecule has 0 spiro atoms. The molecule has 0 radical (unpaired) electrons. The molecular formula is C13H19N3O2. The van der Waals surface area contributed by atoms with E-state index in [0.717, 1.165) is 12.8 Å². The number of nitrogens with zero attached hydrogens (tertiary/aromatic N) is 1. The van der Waals surface area contributed by atoms with Gasteiger partial charge >= 0.3 is 0 Å². The summed E-state index contributed by atoms with van der Waals surface area (Å²) in [6.07, 6.45) is 7.02. The Morgan fingerprint density at radius 1 is 1.22 bits per heavy atom. The summed E-state index contributed by atoms with van der Waals surface area (Å²) < 4.78 is 5.81. The van der Waals surface area contributed by atoms with Gasteiger partial charge in [0.05, 0.1) is 5.69 Å². The number of nitrogens with two attached hydrogens (primary N) is 2. The minimum absolute atomic E-state index is 0.144. The number of hydrogen-bond acceptors (Lipinski definition) is 4. The predicted molar refractivity (Wildman–Crippen MR) is 69.3 cm³/mol. The summed E-state index contributed by atoms with van der Waals surface area (Å²) in [4.78, 5) is 15.1. The first kappa shape index (κ1) is 12.7. The number of nitrogen functional groups attached to an aromatic ring is 1. The third-order valence-electron chi connectivity index (χ3n) is 3.22. The molecule has 1 amide bonds. The van der Waals surface area contributed by atoms with E-state index in [4.69, 9.17) is 16.2 Å². The van der Waals surface area contributed by atoms with E-state index in [0.29, 0.717) is 11.6 Å². The van der Waals surface area contributed by atoms with Crippen LogP contribution in [0.1, 0.15) is 49.0 Å². The van der Waals surface area contributed by atoms with Gasteiger partial charge in [-0.05, 0) is 37.8 Å². The van der Waals surface area contributed by atoms with Crippen molar-refractivity contribution in [1.29, 1.82) is 0 Å². The first-order valence-electron chi connectivity index (χ1n) is 6.40. The van der Waals surface area contributed by atoms with E-state index in [1.165, 1.54) is 31.7 Å². The number of rotatable bonds is 3. The number of carbonyl (C=O) groups excluding carboxylic acids is 1. The highest BCUT2D eigenvalue weighted by atomic mass is 16.5. The van der Waals surface area contributed by atoms with Gasteiger partial charge in [-0.15, -0.1) is 0 Å². The van der Waals surface area contributed by atoms with Crippen LogP contribution < -0.4 is 16.2 Å². The molecule has 0 bridgehead atoms. The number of amides is 1. The largest absolute Gasteiger partial charge is 0.473 e. The molecular weight excluding hydrogens is 230 g/mol. The molecule has 0 unspecified atom stereocenters. The summed E-state index contributed by atoms with van der Waals surface area (Å²) in [5, 5.41) is 0. The van der Waals surface area contributed by atoms with E-state index in [-0.39, 0.29) is 11.8 Å². The predicted octanol–water partition coefficient (Wildman–Crippen LogP) is 1.86. The number of aromatic nitrogens is 1. The molecule has 98 valence electrons. The fourth-order valence-electron chi connectivity index (χ4n) is 2.20. The lowest BCUT2D eigenvalue weighted by Gasteiger charge is -2.17. The van der Waals surface area contributed by atoms with Crippen molar-refractivity contribution in [2.24, 2.45) is 5.73 Å². The van der Waals surface area contributed by atoms with Crippen molar-refractivity contribution in [1.82, 2.24) is 4.98 Å². The Hall–Kier alpha value is -1.78. The minimum atomic E-state index is -0.569. The number of anilines is 1. The molecule has 18 heavy (non-hydrogen) atoms. The Morgan fingerprint density at radius 3 is 2.50 bits per heavy atom. The average Bonchev–Trinajstić information content (AvgIpc) is 2.60. The summed E-state index contributed by atoms with van der Waals surface area (Å²) in [7, 11) is 0. The summed E-state index contributed by atoms with van der Waals surface area (Å²) in [5.41, 5.74) is 11.6. The number of carbonyl (C=O) groups is 1. The van der Waals surface area contributed by atoms with Gasteiger partial charge in [0.25, 0.3) is 5.91 Å². The van der Waals surface area contributed by atoms with Gasteiger partial charge in [0, 0.05) is 0 Å². The van der Waals surface area contributed by atoms with Crippen molar-refractivity contribution in [3.8, 4) is 5.88 Å². The van der Waals surface area contributed by atoms with Crippen LogP contribution in [-0.4, -0.2) is 17.0 Å². The van der Waals surface area contributed by atoms with Crippen molar-refractivity contribution >= 4 is 11.6 Å². The number of pyridine rings is 1. The molecule has 0 aromatic carbocycles. The second-order valence-corrected chi connectivity index (χ2v) is 4.69. The van der Waals surface area contributed by atoms with Crippen LogP contribution in [0.4, 0.5) is 5.69 Å². The van der Waals surface area contributed by atoms with Crippen LogP contribution in [0.2, 0.25) is 0 Å². The molecule has 1 aliphatic rings. The highest BCUT2D eigenvalue weighted by molar-refractivity contribution is 5.91. The maximum absolute atomic E-state index is 11.1. The van der Waals surface area contributed by atoms with E-state index in [9.17, 15) is 4.79 Å². The van der Waals surface area contributed by atoms with Crippen LogP contribution in [0.3, 0.4) is 0 Å². The summed E-state index contributed by atoms with van der Waals surface area (Å²) in [5.74, 6) is -0.237. The van der Waals surface area contributed by atoms with Crippen molar-refractivity contribution in [2.45, 2.75) is 44.6 Å². The first-order chi connectivity index (χ1) is 8.66. The fourth-order valence-corrected chi connectivity index (χ4v) is 2.20. The lowest BCUT2D eigenvalue weighted by atomic mass is 10.1. The molecule has 4 N–H and O–H groups in total. The monoisotopic (exact) mass is 249 g/mol. The van der Waals surface area contributed by atoms with Gasteiger partial charge < -0.3 is 16.2 Å². The van der Waals surface area contributed by atoms with Crippen molar-refractivity contribution < 1.29 is 9.53 Å². The molecule has 5 heteroatoms. The molecule has 5 nitrogen and oxygen atoms in total. The molecule has 1 saturated carbocycles. The quantitative estimate of drug-likeness (QED) is 0.800. The highest BCUT2D eigenvalue weighted by Crippen LogP contribution is 2.25. The van der Waals surface area contributed by atoms with E-state index in [2.05, 4.69) is 4.98 Å². The third kappa shape index (κ3) is 3.12. The first-order valence-corrected chi connectivity index (χ1v) is 6.40. The van der Waals surface area contributed by atoms with Crippen LogP contribution in [0.15, 0.2) is 12.1 Å². The Morgan fingerprint density at radius 2 is 1.89 bits per heavy atom. The number of ether oxygens (including phenoxy) is 1. The topological polar surface area (TPSA) is 91.2 Å². The Labute approximate surface area is 107 Å². The van der Waals surface area contributed by atoms with E-state index in [1.807, 2.05) is 0 Å². The van der Waals surface area contributed by atoms with Gasteiger partial charge in [0.2, 0.25) is 5.88 Å². The highest BCUT2D eigenvalue weighted by Gasteiger charge is 2.16. The minimum Gasteiger partial charge on any atom is -0.473 e. The van der Waals surface area contributed by atoms with Crippen molar-refractivity contribution in [3.05, 3.63) is 17.8 Å². The lowest BCUT2D eigenvalue weighted by Crippen LogP contribution is -2.19. The fraction of sp³-hybridized carbons (Fsp3) is 0.538. The maximum Gasteiger partial charge on any atom is 0.267 e. The van der Waals surface area contributed by atoms with Crippen LogP contribution in [-0.2, 0) is 0 Å². The zero-order chi connectivity index (χ0) is 13.0. The molecule has 0 aliphatic heterocycles. The van der Waals surface area contributed by atoms with Gasteiger partial charge in [0.1, 0.15) is 11.8 Å². The van der Waals surface area contributed by atoms with Gasteiger partial charge in [0.15, 0.2) is 0 Å². The smallest absolute Gasteiger partial charge is 0.267 e. The Kier molecular flexibility index (Phi) is 4.02. The third-order valence-corrected chi connectivity index (χ3v) is 3.22. The lowest BCUT2D eigenvalue weighted by molar-refractivity contribution is 0.0993. The molecule has 1 aromatic rings. The maximum atomic E-state index is 11.1. The standard InChI is InChI=1S/C13H19N3O2/c14-10-7-8-11(12(15)17)16-13(10)18-9-5-3-1-2-4-6-9/h7-9H,1-6,14H2,(H2,15,17). The van der Waals surface area contributed by atoms with E-state index >= 15 is 0 Å². The molecule has 1 heterocycles. The molecule has 0 atom stereocenters.